The highest BCUT2D eigenvalue weighted by molar-refractivity contribution is 7.89. The Bertz CT molecular complexity index is 521. The first-order chi connectivity index (χ1) is 9.45. The second-order valence-corrected chi connectivity index (χ2v) is 6.57. The third-order valence-corrected chi connectivity index (χ3v) is 4.14. The van der Waals surface area contributed by atoms with Gasteiger partial charge >= 0.3 is 0 Å². The molecule has 0 saturated heterocycles. The number of sulfonamides is 1. The van der Waals surface area contributed by atoms with E-state index in [9.17, 15) is 8.42 Å². The fourth-order valence-electron chi connectivity index (χ4n) is 1.70. The summed E-state index contributed by atoms with van der Waals surface area (Å²) in [6.07, 6.45) is 2.01. The molecule has 1 aromatic rings. The fourth-order valence-corrected chi connectivity index (χ4v) is 2.71. The molecule has 0 heterocycles. The van der Waals surface area contributed by atoms with Crippen LogP contribution in [0.25, 0.3) is 0 Å². The Hall–Kier alpha value is -1.17. The van der Waals surface area contributed by atoms with Crippen molar-refractivity contribution in [2.45, 2.75) is 31.6 Å². The van der Waals surface area contributed by atoms with Crippen LogP contribution in [0.4, 0.5) is 0 Å². The van der Waals surface area contributed by atoms with Crippen molar-refractivity contribution in [3.8, 4) is 0 Å². The topological polar surface area (TPSA) is 55.4 Å². The van der Waals surface area contributed by atoms with Crippen LogP contribution >= 0.6 is 0 Å². The summed E-state index contributed by atoms with van der Waals surface area (Å²) in [5, 5.41) is 0. The van der Waals surface area contributed by atoms with Crippen molar-refractivity contribution in [2.24, 2.45) is 0 Å². The van der Waals surface area contributed by atoms with Crippen LogP contribution in [0.2, 0.25) is 0 Å². The highest BCUT2D eigenvalue weighted by Crippen LogP contribution is 2.11. The summed E-state index contributed by atoms with van der Waals surface area (Å²) >= 11 is 0. The lowest BCUT2D eigenvalue weighted by atomic mass is 10.1. The Kier molecular flexibility index (Phi) is 6.91. The minimum absolute atomic E-state index is 0.256. The molecule has 1 N–H and O–H groups in total. The minimum atomic E-state index is -3.45. The Morgan fingerprint density at radius 2 is 1.95 bits per heavy atom. The number of rotatable bonds is 9. The first kappa shape index (κ1) is 16.9. The summed E-state index contributed by atoms with van der Waals surface area (Å²) in [4.78, 5) is 0.289. The van der Waals surface area contributed by atoms with Gasteiger partial charge in [-0.3, -0.25) is 0 Å². The maximum absolute atomic E-state index is 12.0. The van der Waals surface area contributed by atoms with E-state index in [1.165, 1.54) is 0 Å². The molecule has 0 fully saturated rings. The van der Waals surface area contributed by atoms with Crippen molar-refractivity contribution in [3.63, 3.8) is 0 Å². The number of benzene rings is 1. The van der Waals surface area contributed by atoms with Gasteiger partial charge in [0.15, 0.2) is 0 Å². The van der Waals surface area contributed by atoms with E-state index in [-0.39, 0.29) is 11.4 Å². The van der Waals surface area contributed by atoms with Gasteiger partial charge in [0.25, 0.3) is 0 Å². The lowest BCUT2D eigenvalue weighted by molar-refractivity contribution is 0.162. The Morgan fingerprint density at radius 1 is 1.30 bits per heavy atom. The molecule has 0 amide bonds. The van der Waals surface area contributed by atoms with E-state index in [4.69, 9.17) is 4.74 Å². The number of hydrogen-bond donors (Lipinski definition) is 1. The zero-order chi connectivity index (χ0) is 15.0. The van der Waals surface area contributed by atoms with Gasteiger partial charge in [0.05, 0.1) is 18.1 Å². The Balaban J connectivity index is 2.49. The molecule has 0 radical (unpaired) electrons. The zero-order valence-corrected chi connectivity index (χ0v) is 13.0. The molecule has 4 nitrogen and oxygen atoms in total. The van der Waals surface area contributed by atoms with Gasteiger partial charge in [-0.2, -0.15) is 0 Å². The van der Waals surface area contributed by atoms with Crippen molar-refractivity contribution in [2.75, 3.05) is 19.8 Å². The molecule has 0 aliphatic rings. The van der Waals surface area contributed by atoms with Crippen LogP contribution in [-0.4, -0.2) is 28.2 Å². The quantitative estimate of drug-likeness (QED) is 0.563. The summed E-state index contributed by atoms with van der Waals surface area (Å²) in [6, 6.07) is 7.00. The van der Waals surface area contributed by atoms with Gasteiger partial charge in [-0.25, -0.2) is 13.1 Å². The second kappa shape index (κ2) is 8.19. The third-order valence-electron chi connectivity index (χ3n) is 2.66. The van der Waals surface area contributed by atoms with Gasteiger partial charge < -0.3 is 4.74 Å². The molecule has 0 saturated carbocycles. The molecule has 5 heteroatoms. The molecule has 0 aromatic heterocycles. The maximum Gasteiger partial charge on any atom is 0.240 e. The molecule has 112 valence electrons. The highest BCUT2D eigenvalue weighted by Gasteiger charge is 2.12. The summed E-state index contributed by atoms with van der Waals surface area (Å²) < 4.78 is 31.8. The van der Waals surface area contributed by atoms with E-state index in [0.717, 1.165) is 24.0 Å². The molecular weight excluding hydrogens is 274 g/mol. The van der Waals surface area contributed by atoms with Gasteiger partial charge in [0.2, 0.25) is 10.0 Å². The van der Waals surface area contributed by atoms with E-state index >= 15 is 0 Å². The molecule has 0 aliphatic heterocycles. The van der Waals surface area contributed by atoms with Crippen molar-refractivity contribution >= 4 is 10.0 Å². The molecule has 1 aromatic carbocycles. The zero-order valence-electron chi connectivity index (χ0n) is 12.2. The average molecular weight is 297 g/mol. The van der Waals surface area contributed by atoms with Crippen LogP contribution in [0, 0.1) is 0 Å². The second-order valence-electron chi connectivity index (χ2n) is 4.80. The first-order valence-electron chi connectivity index (χ1n) is 6.76. The standard InChI is InChI=1S/C15H23NO3S/c1-4-5-14-6-8-15(9-7-14)20(17,18)16-10-11-19-12-13(2)3/h6-9,16H,2,4-5,10-12H2,1,3H3. The number of hydrogen-bond acceptors (Lipinski definition) is 3. The predicted molar refractivity (Wildman–Crippen MR) is 81.3 cm³/mol. The third kappa shape index (κ3) is 5.86. The summed E-state index contributed by atoms with van der Waals surface area (Å²) in [6.45, 7) is 8.71. The molecular formula is C15H23NO3S. The number of ether oxygens (including phenoxy) is 1. The molecule has 0 atom stereocenters. The number of nitrogens with one attached hydrogen (secondary N) is 1. The van der Waals surface area contributed by atoms with Crippen LogP contribution in [0.1, 0.15) is 25.8 Å². The number of aryl methyl sites for hydroxylation is 1. The lowest BCUT2D eigenvalue weighted by Crippen LogP contribution is -2.27. The van der Waals surface area contributed by atoms with Crippen LogP contribution in [0.3, 0.4) is 0 Å². The van der Waals surface area contributed by atoms with Gasteiger partial charge in [-0.1, -0.05) is 37.6 Å². The van der Waals surface area contributed by atoms with E-state index in [2.05, 4.69) is 18.2 Å². The normalized spacial score (nSPS) is 11.5. The van der Waals surface area contributed by atoms with Crippen LogP contribution < -0.4 is 4.72 Å². The van der Waals surface area contributed by atoms with Gasteiger partial charge in [-0.05, 0) is 31.0 Å². The predicted octanol–water partition coefficient (Wildman–Crippen LogP) is 2.51. The largest absolute Gasteiger partial charge is 0.376 e. The van der Waals surface area contributed by atoms with E-state index in [0.29, 0.717) is 13.2 Å². The molecule has 1 rings (SSSR count). The van der Waals surface area contributed by atoms with E-state index < -0.39 is 10.0 Å². The maximum atomic E-state index is 12.0. The molecule has 0 bridgehead atoms. The molecule has 0 aliphatic carbocycles. The summed E-state index contributed by atoms with van der Waals surface area (Å²) in [5.41, 5.74) is 2.07. The van der Waals surface area contributed by atoms with Crippen molar-refractivity contribution < 1.29 is 13.2 Å². The Labute approximate surface area is 121 Å². The molecule has 20 heavy (non-hydrogen) atoms. The van der Waals surface area contributed by atoms with Gasteiger partial charge in [0.1, 0.15) is 0 Å². The van der Waals surface area contributed by atoms with Crippen molar-refractivity contribution in [1.82, 2.24) is 4.72 Å². The smallest absolute Gasteiger partial charge is 0.240 e. The fraction of sp³-hybridized carbons (Fsp3) is 0.467. The lowest BCUT2D eigenvalue weighted by Gasteiger charge is -2.08. The van der Waals surface area contributed by atoms with Crippen molar-refractivity contribution in [1.29, 1.82) is 0 Å². The molecule has 0 spiro atoms. The average Bonchev–Trinajstić information content (AvgIpc) is 2.39. The van der Waals surface area contributed by atoms with Crippen LogP contribution in [0.5, 0.6) is 0 Å². The SMILES string of the molecule is C=C(C)COCCNS(=O)(=O)c1ccc(CCC)cc1. The van der Waals surface area contributed by atoms with Crippen LogP contribution in [0.15, 0.2) is 41.3 Å². The molecule has 0 unspecified atom stereocenters. The Morgan fingerprint density at radius 3 is 2.50 bits per heavy atom. The monoisotopic (exact) mass is 297 g/mol. The summed E-state index contributed by atoms with van der Waals surface area (Å²) in [7, 11) is -3.45. The van der Waals surface area contributed by atoms with Crippen LogP contribution in [-0.2, 0) is 21.2 Å². The first-order valence-corrected chi connectivity index (χ1v) is 8.24. The summed E-state index contributed by atoms with van der Waals surface area (Å²) in [5.74, 6) is 0. The van der Waals surface area contributed by atoms with Crippen molar-refractivity contribution in [3.05, 3.63) is 42.0 Å². The minimum Gasteiger partial charge on any atom is -0.376 e. The highest BCUT2D eigenvalue weighted by atomic mass is 32.2. The van der Waals surface area contributed by atoms with E-state index in [1.54, 1.807) is 12.1 Å². The van der Waals surface area contributed by atoms with E-state index in [1.807, 2.05) is 19.1 Å². The van der Waals surface area contributed by atoms with Gasteiger partial charge in [-0.15, -0.1) is 0 Å². The van der Waals surface area contributed by atoms with Gasteiger partial charge in [0, 0.05) is 6.54 Å².